The van der Waals surface area contributed by atoms with Gasteiger partial charge in [-0.3, -0.25) is 0 Å². The molecular weight excluding hydrogens is 129 g/mol. The summed E-state index contributed by atoms with van der Waals surface area (Å²) in [6.45, 7) is 4.35. The highest BCUT2D eigenvalue weighted by Gasteiger charge is 2.16. The van der Waals surface area contributed by atoms with Crippen molar-refractivity contribution in [3.8, 4) is 0 Å². The summed E-state index contributed by atoms with van der Waals surface area (Å²) in [5.74, 6) is 0. The molecule has 0 aromatic rings. The predicted molar refractivity (Wildman–Crippen MR) is 40.9 cm³/mol. The molecule has 0 aromatic carbocycles. The third-order valence-electron chi connectivity index (χ3n) is 1.96. The zero-order valence-electron chi connectivity index (χ0n) is 7.52. The summed E-state index contributed by atoms with van der Waals surface area (Å²) in [7, 11) is 0. The van der Waals surface area contributed by atoms with Crippen LogP contribution < -0.4 is 0 Å². The van der Waals surface area contributed by atoms with E-state index in [1.165, 1.54) is 0 Å². The molecule has 0 amide bonds. The van der Waals surface area contributed by atoms with Crippen LogP contribution in [0.1, 0.15) is 27.5 Å². The van der Waals surface area contributed by atoms with Crippen LogP contribution in [0.2, 0.25) is 0 Å². The molecule has 0 aliphatic carbocycles. The molecule has 0 bridgehead atoms. The molecule has 1 rings (SSSR count). The number of piperidine rings is 1. The molecule has 60 valence electrons. The number of nitrogens with zero attached hydrogens (tertiary/aromatic N) is 1. The van der Waals surface area contributed by atoms with E-state index in [2.05, 4.69) is 4.90 Å². The molecule has 1 aliphatic heterocycles. The first-order valence-electron chi connectivity index (χ1n) is 4.55. The molecule has 0 N–H and O–H groups in total. The standard InChI is InChI=1S/C8H16FN/c1-2-5-10-6-3-8(9)4-7-10/h8H,2-7H2,1H3/i2D. The molecule has 0 spiro atoms. The number of hydrogen-bond acceptors (Lipinski definition) is 1. The van der Waals surface area contributed by atoms with Crippen LogP contribution >= 0.6 is 0 Å². The van der Waals surface area contributed by atoms with Gasteiger partial charge in [0.25, 0.3) is 0 Å². The molecule has 1 unspecified atom stereocenters. The van der Waals surface area contributed by atoms with E-state index in [1.807, 2.05) is 6.92 Å². The van der Waals surface area contributed by atoms with E-state index in [0.717, 1.165) is 19.6 Å². The first kappa shape index (κ1) is 6.59. The molecular formula is C8H16FN. The van der Waals surface area contributed by atoms with E-state index < -0.39 is 6.17 Å². The van der Waals surface area contributed by atoms with E-state index in [4.69, 9.17) is 1.37 Å². The molecule has 0 aromatic heterocycles. The maximum Gasteiger partial charge on any atom is 0.103 e. The Bertz CT molecular complexity index is 111. The summed E-state index contributed by atoms with van der Waals surface area (Å²) in [6, 6.07) is 0. The van der Waals surface area contributed by atoms with Gasteiger partial charge in [0.15, 0.2) is 0 Å². The Labute approximate surface area is 63.6 Å². The Morgan fingerprint density at radius 2 is 2.20 bits per heavy atom. The van der Waals surface area contributed by atoms with Crippen LogP contribution in [0.3, 0.4) is 0 Å². The molecule has 10 heavy (non-hydrogen) atoms. The number of halogens is 1. The summed E-state index contributed by atoms with van der Waals surface area (Å²) in [4.78, 5) is 2.17. The van der Waals surface area contributed by atoms with Gasteiger partial charge in [0.2, 0.25) is 0 Å². The van der Waals surface area contributed by atoms with Gasteiger partial charge in [-0.15, -0.1) is 0 Å². The van der Waals surface area contributed by atoms with Crippen molar-refractivity contribution in [3.05, 3.63) is 0 Å². The minimum atomic E-state index is -0.590. The normalized spacial score (nSPS) is 28.0. The lowest BCUT2D eigenvalue weighted by molar-refractivity contribution is 0.151. The molecule has 0 radical (unpaired) electrons. The number of hydrogen-bond donors (Lipinski definition) is 0. The number of rotatable bonds is 2. The molecule has 0 saturated carbocycles. The van der Waals surface area contributed by atoms with E-state index in [9.17, 15) is 4.39 Å². The van der Waals surface area contributed by atoms with Crippen molar-refractivity contribution < 1.29 is 5.76 Å². The fourth-order valence-electron chi connectivity index (χ4n) is 1.34. The molecule has 1 fully saturated rings. The van der Waals surface area contributed by atoms with Gasteiger partial charge in [-0.05, 0) is 25.8 Å². The van der Waals surface area contributed by atoms with Gasteiger partial charge < -0.3 is 4.90 Å². The second-order valence-electron chi connectivity index (χ2n) is 2.88. The largest absolute Gasteiger partial charge is 0.303 e. The number of likely N-dealkylation sites (tertiary alicyclic amines) is 1. The molecule has 1 heterocycles. The average Bonchev–Trinajstić information content (AvgIpc) is 1.93. The van der Waals surface area contributed by atoms with Crippen LogP contribution in [-0.2, 0) is 0 Å². The van der Waals surface area contributed by atoms with Crippen molar-refractivity contribution in [2.75, 3.05) is 19.6 Å². The quantitative estimate of drug-likeness (QED) is 0.574. The zero-order valence-corrected chi connectivity index (χ0v) is 6.52. The molecule has 1 nitrogen and oxygen atoms in total. The topological polar surface area (TPSA) is 3.24 Å². The zero-order chi connectivity index (χ0) is 8.27. The lowest BCUT2D eigenvalue weighted by atomic mass is 10.1. The smallest absolute Gasteiger partial charge is 0.103 e. The van der Waals surface area contributed by atoms with Gasteiger partial charge in [0.05, 0.1) is 0 Å². The third-order valence-corrected chi connectivity index (χ3v) is 1.96. The molecule has 1 atom stereocenters. The minimum Gasteiger partial charge on any atom is -0.303 e. The van der Waals surface area contributed by atoms with Gasteiger partial charge in [0.1, 0.15) is 6.17 Å². The van der Waals surface area contributed by atoms with Crippen molar-refractivity contribution in [3.63, 3.8) is 0 Å². The van der Waals surface area contributed by atoms with Crippen molar-refractivity contribution in [1.82, 2.24) is 4.90 Å². The third kappa shape index (κ3) is 2.25. The predicted octanol–water partition coefficient (Wildman–Crippen LogP) is 1.83. The first-order chi connectivity index (χ1) is 5.18. The second-order valence-corrected chi connectivity index (χ2v) is 2.88. The SMILES string of the molecule is [2H]C(C)CN1CCC(F)CC1. The van der Waals surface area contributed by atoms with Crippen LogP contribution in [0.5, 0.6) is 0 Å². The van der Waals surface area contributed by atoms with Crippen LogP contribution in [0.25, 0.3) is 0 Å². The van der Waals surface area contributed by atoms with Crippen LogP contribution in [0.4, 0.5) is 4.39 Å². The average molecular weight is 146 g/mol. The van der Waals surface area contributed by atoms with Gasteiger partial charge in [-0.25, -0.2) is 4.39 Å². The summed E-state index contributed by atoms with van der Waals surface area (Å²) in [6.07, 6.45) is 0.692. The first-order valence-corrected chi connectivity index (χ1v) is 3.97. The van der Waals surface area contributed by atoms with Gasteiger partial charge >= 0.3 is 0 Å². The fraction of sp³-hybridized carbons (Fsp3) is 1.00. The van der Waals surface area contributed by atoms with Crippen LogP contribution in [0, 0.1) is 0 Å². The Kier molecular flexibility index (Phi) is 2.58. The monoisotopic (exact) mass is 146 g/mol. The van der Waals surface area contributed by atoms with E-state index in [-0.39, 0.29) is 6.40 Å². The highest BCUT2D eigenvalue weighted by atomic mass is 19.1. The van der Waals surface area contributed by atoms with Crippen LogP contribution in [-0.4, -0.2) is 30.7 Å². The van der Waals surface area contributed by atoms with E-state index in [0.29, 0.717) is 12.8 Å². The van der Waals surface area contributed by atoms with Gasteiger partial charge in [-0.1, -0.05) is 6.92 Å². The molecule has 1 aliphatic rings. The van der Waals surface area contributed by atoms with Gasteiger partial charge in [0, 0.05) is 14.5 Å². The van der Waals surface area contributed by atoms with Crippen LogP contribution in [0.15, 0.2) is 0 Å². The summed E-state index contributed by atoms with van der Waals surface area (Å²) >= 11 is 0. The Morgan fingerprint density at radius 1 is 1.60 bits per heavy atom. The summed E-state index contributed by atoms with van der Waals surface area (Å²) < 4.78 is 19.9. The van der Waals surface area contributed by atoms with Crippen molar-refractivity contribution in [1.29, 1.82) is 0 Å². The molecule has 1 saturated heterocycles. The summed E-state index contributed by atoms with van der Waals surface area (Å²) in [5, 5.41) is 0. The van der Waals surface area contributed by atoms with Crippen molar-refractivity contribution in [2.45, 2.75) is 32.3 Å². The Morgan fingerprint density at radius 3 is 2.70 bits per heavy atom. The summed E-state index contributed by atoms with van der Waals surface area (Å²) in [5.41, 5.74) is 0. The van der Waals surface area contributed by atoms with E-state index in [1.54, 1.807) is 0 Å². The highest BCUT2D eigenvalue weighted by molar-refractivity contribution is 4.70. The van der Waals surface area contributed by atoms with Crippen molar-refractivity contribution in [2.24, 2.45) is 0 Å². The maximum absolute atomic E-state index is 12.6. The fourth-order valence-corrected chi connectivity index (χ4v) is 1.34. The highest BCUT2D eigenvalue weighted by Crippen LogP contribution is 2.12. The minimum absolute atomic E-state index is 0.0360. The van der Waals surface area contributed by atoms with E-state index >= 15 is 0 Å². The van der Waals surface area contributed by atoms with Crippen molar-refractivity contribution >= 4 is 0 Å². The second kappa shape index (κ2) is 3.91. The number of alkyl halides is 1. The Balaban J connectivity index is 2.17. The van der Waals surface area contributed by atoms with Gasteiger partial charge in [-0.2, -0.15) is 0 Å². The molecule has 2 heteroatoms. The maximum atomic E-state index is 12.6. The Hall–Kier alpha value is -0.110. The lowest BCUT2D eigenvalue weighted by Gasteiger charge is -2.27. The lowest BCUT2D eigenvalue weighted by Crippen LogP contribution is -2.34.